The van der Waals surface area contributed by atoms with Gasteiger partial charge in [0.05, 0.1) is 11.9 Å². The fraction of sp³-hybridized carbons (Fsp3) is 0.280. The van der Waals surface area contributed by atoms with Gasteiger partial charge in [0.1, 0.15) is 4.83 Å². The van der Waals surface area contributed by atoms with E-state index in [2.05, 4.69) is 32.0 Å². The molecule has 0 aliphatic rings. The van der Waals surface area contributed by atoms with Gasteiger partial charge < -0.3 is 0 Å². The predicted octanol–water partition coefficient (Wildman–Crippen LogP) is 4.75. The van der Waals surface area contributed by atoms with Gasteiger partial charge in [0.25, 0.3) is 5.56 Å². The summed E-state index contributed by atoms with van der Waals surface area (Å²) in [5, 5.41) is 0.676. The van der Waals surface area contributed by atoms with E-state index in [-0.39, 0.29) is 11.2 Å². The van der Waals surface area contributed by atoms with Gasteiger partial charge in [0.15, 0.2) is 0 Å². The third-order valence-corrected chi connectivity index (χ3v) is 7.06. The Balaban J connectivity index is 1.88. The molecule has 0 amide bonds. The molecule has 4 aromatic rings. The molecule has 0 saturated heterocycles. The number of fused-ring (bicyclic) bond motifs is 1. The van der Waals surface area contributed by atoms with E-state index in [1.807, 2.05) is 44.2 Å². The summed E-state index contributed by atoms with van der Waals surface area (Å²) in [5.41, 5.74) is 5.10. The van der Waals surface area contributed by atoms with Gasteiger partial charge in [0.2, 0.25) is 0 Å². The zero-order valence-electron chi connectivity index (χ0n) is 17.9. The number of benzene rings is 2. The molecule has 0 N–H and O–H groups in total. The van der Waals surface area contributed by atoms with Crippen LogP contribution in [-0.4, -0.2) is 9.13 Å². The van der Waals surface area contributed by atoms with Crippen LogP contribution in [0.25, 0.3) is 10.2 Å². The van der Waals surface area contributed by atoms with Crippen molar-refractivity contribution in [2.45, 2.75) is 47.2 Å². The van der Waals surface area contributed by atoms with E-state index in [1.165, 1.54) is 15.9 Å². The summed E-state index contributed by atoms with van der Waals surface area (Å²) in [6.07, 6.45) is 0.646. The van der Waals surface area contributed by atoms with Crippen molar-refractivity contribution in [1.29, 1.82) is 0 Å². The van der Waals surface area contributed by atoms with Crippen molar-refractivity contribution in [1.82, 2.24) is 9.13 Å². The molecule has 0 radical (unpaired) electrons. The zero-order chi connectivity index (χ0) is 21.4. The molecule has 30 heavy (non-hydrogen) atoms. The monoisotopic (exact) mass is 418 g/mol. The molecule has 0 spiro atoms. The van der Waals surface area contributed by atoms with Gasteiger partial charge in [-0.3, -0.25) is 13.9 Å². The molecular weight excluding hydrogens is 392 g/mol. The third-order valence-electron chi connectivity index (χ3n) is 5.83. The molecule has 0 atom stereocenters. The van der Waals surface area contributed by atoms with Crippen LogP contribution < -0.4 is 11.2 Å². The van der Waals surface area contributed by atoms with Gasteiger partial charge in [-0.2, -0.15) is 0 Å². The van der Waals surface area contributed by atoms with E-state index in [0.717, 1.165) is 37.5 Å². The SMILES string of the molecule is Cc1ccc(C)c(Cn2c(=O)n(CCc3ccccc3)c(=O)c3c(C)c(C)sc32)c1. The molecule has 4 rings (SSSR count). The Hall–Kier alpha value is -2.92. The Morgan fingerprint density at radius 3 is 2.37 bits per heavy atom. The van der Waals surface area contributed by atoms with Gasteiger partial charge in [-0.15, -0.1) is 11.3 Å². The lowest BCUT2D eigenvalue weighted by molar-refractivity contribution is 0.591. The van der Waals surface area contributed by atoms with Crippen molar-refractivity contribution in [2.24, 2.45) is 0 Å². The van der Waals surface area contributed by atoms with Gasteiger partial charge in [-0.05, 0) is 56.4 Å². The quantitative estimate of drug-likeness (QED) is 0.469. The van der Waals surface area contributed by atoms with Crippen LogP contribution in [0.1, 0.15) is 32.7 Å². The van der Waals surface area contributed by atoms with E-state index in [4.69, 9.17) is 0 Å². The molecule has 2 aromatic heterocycles. The normalized spacial score (nSPS) is 11.3. The van der Waals surface area contributed by atoms with Gasteiger partial charge in [-0.25, -0.2) is 4.79 Å². The second-order valence-corrected chi connectivity index (χ2v) is 9.16. The van der Waals surface area contributed by atoms with Crippen molar-refractivity contribution in [3.63, 3.8) is 0 Å². The Labute approximate surface area is 180 Å². The summed E-state index contributed by atoms with van der Waals surface area (Å²) >= 11 is 1.54. The van der Waals surface area contributed by atoms with E-state index in [1.54, 1.807) is 4.57 Å². The maximum absolute atomic E-state index is 13.5. The fourth-order valence-electron chi connectivity index (χ4n) is 3.87. The van der Waals surface area contributed by atoms with Crippen molar-refractivity contribution < 1.29 is 0 Å². The highest BCUT2D eigenvalue weighted by Crippen LogP contribution is 2.27. The van der Waals surface area contributed by atoms with E-state index < -0.39 is 0 Å². The van der Waals surface area contributed by atoms with Gasteiger partial charge in [0, 0.05) is 11.4 Å². The van der Waals surface area contributed by atoms with Gasteiger partial charge >= 0.3 is 5.69 Å². The lowest BCUT2D eigenvalue weighted by Gasteiger charge is -2.14. The lowest BCUT2D eigenvalue weighted by atomic mass is 10.1. The number of hydrogen-bond donors (Lipinski definition) is 0. The van der Waals surface area contributed by atoms with Crippen molar-refractivity contribution in [3.05, 3.63) is 102 Å². The minimum Gasteiger partial charge on any atom is -0.280 e. The van der Waals surface area contributed by atoms with Crippen molar-refractivity contribution in [2.75, 3.05) is 0 Å². The van der Waals surface area contributed by atoms with E-state index >= 15 is 0 Å². The number of hydrogen-bond acceptors (Lipinski definition) is 3. The molecule has 0 aliphatic heterocycles. The van der Waals surface area contributed by atoms with Crippen LogP contribution in [0, 0.1) is 27.7 Å². The number of nitrogens with zero attached hydrogens (tertiary/aromatic N) is 2. The van der Waals surface area contributed by atoms with Crippen LogP contribution >= 0.6 is 11.3 Å². The molecule has 0 bridgehead atoms. The predicted molar refractivity (Wildman–Crippen MR) is 125 cm³/mol. The number of aryl methyl sites for hydroxylation is 5. The van der Waals surface area contributed by atoms with Gasteiger partial charge in [-0.1, -0.05) is 54.1 Å². The largest absolute Gasteiger partial charge is 0.332 e. The van der Waals surface area contributed by atoms with Crippen LogP contribution in [0.3, 0.4) is 0 Å². The minimum absolute atomic E-state index is 0.176. The van der Waals surface area contributed by atoms with Crippen molar-refractivity contribution in [3.8, 4) is 0 Å². The van der Waals surface area contributed by atoms with Crippen LogP contribution in [0.4, 0.5) is 0 Å². The van der Waals surface area contributed by atoms with Crippen LogP contribution in [-0.2, 0) is 19.5 Å². The highest BCUT2D eigenvalue weighted by molar-refractivity contribution is 7.18. The second-order valence-electron chi connectivity index (χ2n) is 7.95. The number of rotatable bonds is 5. The molecule has 5 heteroatoms. The van der Waals surface area contributed by atoms with Crippen LogP contribution in [0.2, 0.25) is 0 Å². The average molecular weight is 419 g/mol. The molecule has 0 saturated carbocycles. The van der Waals surface area contributed by atoms with E-state index in [0.29, 0.717) is 24.9 Å². The molecular formula is C25H26N2O2S. The fourth-order valence-corrected chi connectivity index (χ4v) is 5.01. The summed E-state index contributed by atoms with van der Waals surface area (Å²) in [6.45, 7) is 8.95. The Morgan fingerprint density at radius 1 is 0.900 bits per heavy atom. The highest BCUT2D eigenvalue weighted by atomic mass is 32.1. The maximum atomic E-state index is 13.5. The minimum atomic E-state index is -0.231. The Bertz CT molecular complexity index is 1340. The first-order chi connectivity index (χ1) is 14.4. The Morgan fingerprint density at radius 2 is 1.63 bits per heavy atom. The summed E-state index contributed by atoms with van der Waals surface area (Å²) in [4.78, 5) is 28.6. The first-order valence-electron chi connectivity index (χ1n) is 10.2. The summed E-state index contributed by atoms with van der Waals surface area (Å²) in [7, 11) is 0. The molecule has 154 valence electrons. The Kier molecular flexibility index (Phi) is 5.48. The molecule has 0 aliphatic carbocycles. The molecule has 0 fully saturated rings. The number of thiophene rings is 1. The molecule has 2 aromatic carbocycles. The molecule has 4 nitrogen and oxygen atoms in total. The van der Waals surface area contributed by atoms with E-state index in [9.17, 15) is 9.59 Å². The first kappa shape index (κ1) is 20.4. The lowest BCUT2D eigenvalue weighted by Crippen LogP contribution is -2.40. The summed E-state index contributed by atoms with van der Waals surface area (Å²) in [5.74, 6) is 0. The standard InChI is InChI=1S/C25H26N2O2S/c1-16-10-11-17(2)21(14-16)15-27-24-22(18(3)19(4)30-24)23(28)26(25(27)29)13-12-20-8-6-5-7-9-20/h5-11,14H,12-13,15H2,1-4H3. The highest BCUT2D eigenvalue weighted by Gasteiger charge is 2.19. The first-order valence-corrected chi connectivity index (χ1v) is 11.0. The second kappa shape index (κ2) is 8.07. The average Bonchev–Trinajstić information content (AvgIpc) is 3.03. The number of aromatic nitrogens is 2. The van der Waals surface area contributed by atoms with Crippen LogP contribution in [0.15, 0.2) is 58.1 Å². The summed E-state index contributed by atoms with van der Waals surface area (Å²) in [6, 6.07) is 16.3. The third kappa shape index (κ3) is 3.65. The van der Waals surface area contributed by atoms with Crippen LogP contribution in [0.5, 0.6) is 0 Å². The maximum Gasteiger partial charge on any atom is 0.332 e. The molecule has 2 heterocycles. The topological polar surface area (TPSA) is 44.0 Å². The smallest absolute Gasteiger partial charge is 0.280 e. The zero-order valence-corrected chi connectivity index (χ0v) is 18.7. The summed E-state index contributed by atoms with van der Waals surface area (Å²) < 4.78 is 3.20. The molecule has 0 unspecified atom stereocenters. The van der Waals surface area contributed by atoms with Crippen molar-refractivity contribution >= 4 is 21.6 Å².